The van der Waals surface area contributed by atoms with Gasteiger partial charge in [0.25, 0.3) is 0 Å². The first-order valence-electron chi connectivity index (χ1n) is 7.24. The van der Waals surface area contributed by atoms with Gasteiger partial charge in [0.05, 0.1) is 6.42 Å². The maximum atomic E-state index is 12.1. The van der Waals surface area contributed by atoms with Crippen molar-refractivity contribution in [3.63, 3.8) is 0 Å². The van der Waals surface area contributed by atoms with Crippen LogP contribution in [0.1, 0.15) is 11.1 Å². The van der Waals surface area contributed by atoms with E-state index in [0.717, 1.165) is 5.56 Å². The largest absolute Gasteiger partial charge is 0.357 e. The third kappa shape index (κ3) is 5.67. The molecule has 126 valence electrons. The van der Waals surface area contributed by atoms with E-state index in [1.54, 1.807) is 25.2 Å². The quantitative estimate of drug-likeness (QED) is 0.627. The van der Waals surface area contributed by atoms with Gasteiger partial charge in [0.15, 0.2) is 5.11 Å². The molecule has 0 saturated heterocycles. The number of hydrogen-bond donors (Lipinski definition) is 2. The summed E-state index contributed by atoms with van der Waals surface area (Å²) in [6, 6.07) is 14.9. The van der Waals surface area contributed by atoms with Crippen LogP contribution in [0, 0.1) is 0 Å². The lowest BCUT2D eigenvalue weighted by Crippen LogP contribution is -2.48. The smallest absolute Gasteiger partial charge is 0.243 e. The van der Waals surface area contributed by atoms with E-state index in [2.05, 4.69) is 10.7 Å². The second kappa shape index (κ2) is 8.87. The molecule has 0 aliphatic heterocycles. The van der Waals surface area contributed by atoms with Crippen molar-refractivity contribution >= 4 is 46.4 Å². The molecule has 4 nitrogen and oxygen atoms in total. The topological polar surface area (TPSA) is 44.4 Å². The molecule has 2 aromatic rings. The van der Waals surface area contributed by atoms with Crippen LogP contribution in [0.4, 0.5) is 0 Å². The zero-order valence-electron chi connectivity index (χ0n) is 13.1. The van der Waals surface area contributed by atoms with Gasteiger partial charge in [-0.2, -0.15) is 0 Å². The fraction of sp³-hybridized carbons (Fsp3) is 0.176. The van der Waals surface area contributed by atoms with Crippen molar-refractivity contribution in [3.8, 4) is 0 Å². The molecule has 0 unspecified atom stereocenters. The molecule has 24 heavy (non-hydrogen) atoms. The molecule has 7 heteroatoms. The van der Waals surface area contributed by atoms with Gasteiger partial charge in [-0.05, 0) is 35.5 Å². The van der Waals surface area contributed by atoms with Crippen LogP contribution in [0.2, 0.25) is 10.0 Å². The maximum absolute atomic E-state index is 12.1. The number of hydrazine groups is 1. The summed E-state index contributed by atoms with van der Waals surface area (Å²) in [6.45, 7) is 0.586. The summed E-state index contributed by atoms with van der Waals surface area (Å²) in [6.07, 6.45) is 0.141. The number of carbonyl (C=O) groups excluding carboxylic acids is 1. The van der Waals surface area contributed by atoms with E-state index in [4.69, 9.17) is 35.4 Å². The predicted molar refractivity (Wildman–Crippen MR) is 102 cm³/mol. The summed E-state index contributed by atoms with van der Waals surface area (Å²) in [7, 11) is 1.68. The van der Waals surface area contributed by atoms with Crippen LogP contribution in [0.25, 0.3) is 0 Å². The molecule has 0 saturated carbocycles. The number of halogens is 2. The third-order valence-electron chi connectivity index (χ3n) is 3.25. The van der Waals surface area contributed by atoms with Crippen molar-refractivity contribution in [2.75, 3.05) is 7.05 Å². The average molecular weight is 382 g/mol. The van der Waals surface area contributed by atoms with E-state index in [0.29, 0.717) is 27.3 Å². The minimum Gasteiger partial charge on any atom is -0.357 e. The molecule has 0 bridgehead atoms. The van der Waals surface area contributed by atoms with Crippen molar-refractivity contribution in [1.29, 1.82) is 0 Å². The number of rotatable bonds is 4. The van der Waals surface area contributed by atoms with Crippen LogP contribution in [0.3, 0.4) is 0 Å². The SMILES string of the molecule is CN(NC(=O)Cc1ccc(Cl)cc1Cl)C(=S)NCc1ccccc1. The van der Waals surface area contributed by atoms with E-state index in [1.165, 1.54) is 5.01 Å². The molecule has 2 N–H and O–H groups in total. The molecule has 0 aliphatic rings. The standard InChI is InChI=1S/C17H17Cl2N3OS/c1-22(17(24)20-11-12-5-3-2-4-6-12)21-16(23)9-13-7-8-14(18)10-15(13)19/h2-8,10H,9,11H2,1H3,(H,20,24)(H,21,23). The third-order valence-corrected chi connectivity index (χ3v) is 4.25. The number of benzene rings is 2. The highest BCUT2D eigenvalue weighted by atomic mass is 35.5. The fourth-order valence-corrected chi connectivity index (χ4v) is 2.60. The Morgan fingerprint density at radius 1 is 1.17 bits per heavy atom. The maximum Gasteiger partial charge on any atom is 0.243 e. The molecule has 0 heterocycles. The number of carbonyl (C=O) groups is 1. The van der Waals surface area contributed by atoms with E-state index < -0.39 is 0 Å². The first-order chi connectivity index (χ1) is 11.5. The van der Waals surface area contributed by atoms with Gasteiger partial charge >= 0.3 is 0 Å². The molecule has 2 aromatic carbocycles. The second-order valence-corrected chi connectivity index (χ2v) is 6.38. The number of hydrogen-bond acceptors (Lipinski definition) is 2. The molecule has 0 spiro atoms. The predicted octanol–water partition coefficient (Wildman–Crippen LogP) is 3.57. The molecule has 0 aliphatic carbocycles. The Bertz CT molecular complexity index is 725. The van der Waals surface area contributed by atoms with Crippen molar-refractivity contribution < 1.29 is 4.79 Å². The van der Waals surface area contributed by atoms with Gasteiger partial charge in [-0.25, -0.2) is 0 Å². The Morgan fingerprint density at radius 3 is 2.54 bits per heavy atom. The Balaban J connectivity index is 1.83. The molecule has 1 amide bonds. The minimum atomic E-state index is -0.217. The molecule has 0 fully saturated rings. The first kappa shape index (κ1) is 18.5. The van der Waals surface area contributed by atoms with Gasteiger partial charge in [-0.15, -0.1) is 0 Å². The minimum absolute atomic E-state index is 0.141. The Labute approximate surface area is 156 Å². The fourth-order valence-electron chi connectivity index (χ4n) is 2.01. The number of nitrogens with zero attached hydrogens (tertiary/aromatic N) is 1. The molecule has 0 atom stereocenters. The van der Waals surface area contributed by atoms with E-state index >= 15 is 0 Å². The molecular weight excluding hydrogens is 365 g/mol. The summed E-state index contributed by atoms with van der Waals surface area (Å²) in [5.74, 6) is -0.217. The van der Waals surface area contributed by atoms with Gasteiger partial charge in [-0.3, -0.25) is 15.2 Å². The molecular formula is C17H17Cl2N3OS. The number of nitrogens with one attached hydrogen (secondary N) is 2. The molecule has 0 radical (unpaired) electrons. The lowest BCUT2D eigenvalue weighted by molar-refractivity contribution is -0.123. The first-order valence-corrected chi connectivity index (χ1v) is 8.41. The summed E-state index contributed by atoms with van der Waals surface area (Å²) in [5.41, 5.74) is 4.51. The van der Waals surface area contributed by atoms with Crippen molar-refractivity contribution in [1.82, 2.24) is 15.8 Å². The second-order valence-electron chi connectivity index (χ2n) is 5.15. The summed E-state index contributed by atoms with van der Waals surface area (Å²) < 4.78 is 0. The lowest BCUT2D eigenvalue weighted by Gasteiger charge is -2.22. The highest BCUT2D eigenvalue weighted by Gasteiger charge is 2.11. The van der Waals surface area contributed by atoms with Crippen LogP contribution in [0.15, 0.2) is 48.5 Å². The zero-order valence-corrected chi connectivity index (χ0v) is 15.4. The summed E-state index contributed by atoms with van der Waals surface area (Å²) >= 11 is 17.2. The highest BCUT2D eigenvalue weighted by molar-refractivity contribution is 7.80. The van der Waals surface area contributed by atoms with Crippen LogP contribution in [-0.2, 0) is 17.8 Å². The van der Waals surface area contributed by atoms with Gasteiger partial charge in [-0.1, -0.05) is 59.6 Å². The monoisotopic (exact) mass is 381 g/mol. The highest BCUT2D eigenvalue weighted by Crippen LogP contribution is 2.21. The van der Waals surface area contributed by atoms with Crippen molar-refractivity contribution in [2.45, 2.75) is 13.0 Å². The van der Waals surface area contributed by atoms with Crippen LogP contribution < -0.4 is 10.7 Å². The summed E-state index contributed by atoms with van der Waals surface area (Å²) in [5, 5.41) is 5.99. The average Bonchev–Trinajstić information content (AvgIpc) is 2.56. The Morgan fingerprint density at radius 2 is 1.88 bits per heavy atom. The van der Waals surface area contributed by atoms with Crippen LogP contribution in [0.5, 0.6) is 0 Å². The van der Waals surface area contributed by atoms with Crippen molar-refractivity contribution in [3.05, 3.63) is 69.7 Å². The lowest BCUT2D eigenvalue weighted by atomic mass is 10.1. The molecule has 2 rings (SSSR count). The number of thiocarbonyl (C=S) groups is 1. The van der Waals surface area contributed by atoms with Gasteiger partial charge in [0.1, 0.15) is 0 Å². The Kier molecular flexibility index (Phi) is 6.85. The van der Waals surface area contributed by atoms with Gasteiger partial charge < -0.3 is 5.32 Å². The van der Waals surface area contributed by atoms with Crippen molar-refractivity contribution in [2.24, 2.45) is 0 Å². The van der Waals surface area contributed by atoms with Gasteiger partial charge in [0, 0.05) is 23.6 Å². The normalized spacial score (nSPS) is 10.1. The van der Waals surface area contributed by atoms with E-state index in [-0.39, 0.29) is 12.3 Å². The van der Waals surface area contributed by atoms with E-state index in [1.807, 2.05) is 30.3 Å². The van der Waals surface area contributed by atoms with Crippen LogP contribution >= 0.6 is 35.4 Å². The van der Waals surface area contributed by atoms with E-state index in [9.17, 15) is 4.79 Å². The summed E-state index contributed by atoms with van der Waals surface area (Å²) in [4.78, 5) is 12.1. The van der Waals surface area contributed by atoms with Gasteiger partial charge in [0.2, 0.25) is 5.91 Å². The number of amides is 1. The Hall–Kier alpha value is -1.82. The van der Waals surface area contributed by atoms with Crippen LogP contribution in [-0.4, -0.2) is 23.1 Å². The zero-order chi connectivity index (χ0) is 17.5. The molecule has 0 aromatic heterocycles.